The monoisotopic (exact) mass is 469 g/mol. The zero-order chi connectivity index (χ0) is 21.5. The number of rotatable bonds is 4. The number of nitrogens with zero attached hydrogens (tertiary/aromatic N) is 3. The van der Waals surface area contributed by atoms with Crippen molar-refractivity contribution in [1.29, 1.82) is 0 Å². The Morgan fingerprint density at radius 3 is 2.27 bits per heavy atom. The van der Waals surface area contributed by atoms with Crippen LogP contribution in [0.2, 0.25) is 10.0 Å². The number of likely N-dealkylation sites (N-methyl/N-ethyl adjacent to an activating group) is 1. The predicted molar refractivity (Wildman–Crippen MR) is 120 cm³/mol. The molecule has 1 saturated heterocycles. The second kappa shape index (κ2) is 8.55. The maximum absolute atomic E-state index is 13.5. The number of ether oxygens (including phenoxy) is 1. The normalized spacial score (nSPS) is 18.3. The lowest BCUT2D eigenvalue weighted by Crippen LogP contribution is -2.44. The van der Waals surface area contributed by atoms with E-state index in [4.69, 9.17) is 27.9 Å². The van der Waals surface area contributed by atoms with E-state index >= 15 is 0 Å². The summed E-state index contributed by atoms with van der Waals surface area (Å²) in [6.45, 7) is 4.06. The molecule has 30 heavy (non-hydrogen) atoms. The lowest BCUT2D eigenvalue weighted by Gasteiger charge is -2.35. The van der Waals surface area contributed by atoms with Crippen LogP contribution >= 0.6 is 23.2 Å². The molecule has 0 radical (unpaired) electrons. The van der Waals surface area contributed by atoms with Crippen LogP contribution in [0.5, 0.6) is 5.75 Å². The van der Waals surface area contributed by atoms with Crippen molar-refractivity contribution in [2.24, 2.45) is 0 Å². The van der Waals surface area contributed by atoms with Gasteiger partial charge in [-0.3, -0.25) is 0 Å². The van der Waals surface area contributed by atoms with Gasteiger partial charge in [-0.2, -0.15) is 4.31 Å². The van der Waals surface area contributed by atoms with E-state index in [-0.39, 0.29) is 11.4 Å². The highest BCUT2D eigenvalue weighted by atomic mass is 35.5. The molecule has 0 N–H and O–H groups in total. The van der Waals surface area contributed by atoms with E-state index in [9.17, 15) is 8.42 Å². The number of benzene rings is 2. The average Bonchev–Trinajstić information content (AvgIpc) is 2.76. The molecule has 2 heterocycles. The van der Waals surface area contributed by atoms with Crippen molar-refractivity contribution >= 4 is 38.9 Å². The zero-order valence-corrected chi connectivity index (χ0v) is 19.4. The van der Waals surface area contributed by atoms with Gasteiger partial charge in [-0.25, -0.2) is 8.42 Å². The van der Waals surface area contributed by atoms with E-state index in [0.717, 1.165) is 43.0 Å². The molecule has 2 aromatic carbocycles. The minimum absolute atomic E-state index is 0.215. The molecule has 0 saturated carbocycles. The van der Waals surface area contributed by atoms with Crippen LogP contribution in [0.1, 0.15) is 11.1 Å². The molecule has 0 spiro atoms. The molecule has 2 aliphatic rings. The highest BCUT2D eigenvalue weighted by molar-refractivity contribution is 7.89. The molecule has 9 heteroatoms. The van der Waals surface area contributed by atoms with Gasteiger partial charge in [0, 0.05) is 49.3 Å². The van der Waals surface area contributed by atoms with Gasteiger partial charge in [0.1, 0.15) is 5.75 Å². The van der Waals surface area contributed by atoms with Crippen LogP contribution in [-0.4, -0.2) is 64.5 Å². The third-order valence-corrected chi connectivity index (χ3v) is 8.44. The van der Waals surface area contributed by atoms with Gasteiger partial charge in [0.2, 0.25) is 10.0 Å². The number of hydrogen-bond acceptors (Lipinski definition) is 5. The highest BCUT2D eigenvalue weighted by Gasteiger charge is 2.31. The Hall–Kier alpha value is -1.51. The molecule has 162 valence electrons. The molecule has 1 fully saturated rings. The van der Waals surface area contributed by atoms with Crippen LogP contribution in [0, 0.1) is 0 Å². The largest absolute Gasteiger partial charge is 0.495 e. The van der Waals surface area contributed by atoms with Gasteiger partial charge in [-0.05, 0) is 54.9 Å². The molecular weight excluding hydrogens is 445 g/mol. The third-order valence-electron chi connectivity index (χ3n) is 5.89. The molecule has 0 amide bonds. The molecule has 4 rings (SSSR count). The van der Waals surface area contributed by atoms with Crippen LogP contribution in [0.3, 0.4) is 0 Å². The van der Waals surface area contributed by atoms with Gasteiger partial charge in [0.15, 0.2) is 0 Å². The van der Waals surface area contributed by atoms with E-state index in [2.05, 4.69) is 16.8 Å². The second-order valence-electron chi connectivity index (χ2n) is 7.70. The Morgan fingerprint density at radius 1 is 0.933 bits per heavy atom. The van der Waals surface area contributed by atoms with Crippen molar-refractivity contribution in [3.05, 3.63) is 51.5 Å². The summed E-state index contributed by atoms with van der Waals surface area (Å²) in [6, 6.07) is 8.57. The van der Waals surface area contributed by atoms with Gasteiger partial charge >= 0.3 is 0 Å². The van der Waals surface area contributed by atoms with Crippen LogP contribution in [0.15, 0.2) is 35.2 Å². The number of sulfonamides is 1. The Balaban J connectivity index is 1.66. The predicted octanol–water partition coefficient (Wildman–Crippen LogP) is 3.50. The maximum Gasteiger partial charge on any atom is 0.243 e. The summed E-state index contributed by atoms with van der Waals surface area (Å²) in [5.41, 5.74) is 2.53. The minimum Gasteiger partial charge on any atom is -0.495 e. The van der Waals surface area contributed by atoms with Crippen LogP contribution < -0.4 is 9.64 Å². The standard InChI is InChI=1S/C21H25Cl2N3O3S/c1-24-9-11-25(12-10-24)20-13-15(3-6-21(20)29-2)30(27,28)26-8-7-16-17(14-26)19(23)5-4-18(16)22/h3-6,13H,7-12,14H2,1-2H3. The van der Waals surface area contributed by atoms with Gasteiger partial charge < -0.3 is 14.5 Å². The number of piperazine rings is 1. The van der Waals surface area contributed by atoms with Crippen molar-refractivity contribution < 1.29 is 13.2 Å². The molecule has 2 aliphatic heterocycles. The van der Waals surface area contributed by atoms with E-state index in [1.165, 1.54) is 4.31 Å². The lowest BCUT2D eigenvalue weighted by atomic mass is 10.0. The Morgan fingerprint density at radius 2 is 1.60 bits per heavy atom. The minimum atomic E-state index is -3.69. The van der Waals surface area contributed by atoms with Gasteiger partial charge in [0.05, 0.1) is 17.7 Å². The fourth-order valence-corrected chi connectivity index (χ4v) is 5.99. The van der Waals surface area contributed by atoms with Crippen molar-refractivity contribution in [3.8, 4) is 5.75 Å². The molecule has 0 aromatic heterocycles. The summed E-state index contributed by atoms with van der Waals surface area (Å²) in [7, 11) is -0.000415. The summed E-state index contributed by atoms with van der Waals surface area (Å²) < 4.78 is 33.9. The number of hydrogen-bond donors (Lipinski definition) is 0. The fraction of sp³-hybridized carbons (Fsp3) is 0.429. The highest BCUT2D eigenvalue weighted by Crippen LogP contribution is 2.36. The first kappa shape index (κ1) is 21.7. The van der Waals surface area contributed by atoms with Crippen molar-refractivity contribution in [3.63, 3.8) is 0 Å². The van der Waals surface area contributed by atoms with Crippen LogP contribution in [-0.2, 0) is 23.0 Å². The first-order valence-corrected chi connectivity index (χ1v) is 12.1. The molecule has 2 aromatic rings. The number of anilines is 1. The summed E-state index contributed by atoms with van der Waals surface area (Å²) in [5.74, 6) is 0.678. The first-order valence-electron chi connectivity index (χ1n) is 9.88. The van der Waals surface area contributed by atoms with Gasteiger partial charge in [0.25, 0.3) is 0 Å². The van der Waals surface area contributed by atoms with Gasteiger partial charge in [-0.1, -0.05) is 23.2 Å². The quantitative estimate of drug-likeness (QED) is 0.685. The summed E-state index contributed by atoms with van der Waals surface area (Å²) in [5, 5.41) is 1.18. The van der Waals surface area contributed by atoms with E-state index in [1.54, 1.807) is 37.4 Å². The van der Waals surface area contributed by atoms with Crippen molar-refractivity contribution in [2.45, 2.75) is 17.9 Å². The Bertz CT molecular complexity index is 1050. The molecule has 6 nitrogen and oxygen atoms in total. The summed E-state index contributed by atoms with van der Waals surface area (Å²) in [4.78, 5) is 4.70. The third kappa shape index (κ3) is 4.01. The number of halogens is 2. The van der Waals surface area contributed by atoms with Crippen molar-refractivity contribution in [2.75, 3.05) is 51.8 Å². The molecule has 0 atom stereocenters. The smallest absolute Gasteiger partial charge is 0.243 e. The maximum atomic E-state index is 13.5. The molecule has 0 unspecified atom stereocenters. The number of fused-ring (bicyclic) bond motifs is 1. The Labute approximate surface area is 188 Å². The van der Waals surface area contributed by atoms with Gasteiger partial charge in [-0.15, -0.1) is 0 Å². The second-order valence-corrected chi connectivity index (χ2v) is 10.5. The fourth-order valence-electron chi connectivity index (χ4n) is 4.05. The average molecular weight is 470 g/mol. The zero-order valence-electron chi connectivity index (χ0n) is 17.1. The topological polar surface area (TPSA) is 53.1 Å². The van der Waals surface area contributed by atoms with Crippen LogP contribution in [0.25, 0.3) is 0 Å². The Kier molecular flexibility index (Phi) is 6.19. The lowest BCUT2D eigenvalue weighted by molar-refractivity contribution is 0.311. The molecular formula is C21H25Cl2N3O3S. The summed E-state index contributed by atoms with van der Waals surface area (Å²) >= 11 is 12.6. The van der Waals surface area contributed by atoms with E-state index in [0.29, 0.717) is 28.8 Å². The van der Waals surface area contributed by atoms with E-state index in [1.807, 2.05) is 0 Å². The van der Waals surface area contributed by atoms with Crippen LogP contribution in [0.4, 0.5) is 5.69 Å². The molecule has 0 bridgehead atoms. The molecule has 0 aliphatic carbocycles. The summed E-state index contributed by atoms with van der Waals surface area (Å²) in [6.07, 6.45) is 0.537. The number of methoxy groups -OCH3 is 1. The first-order chi connectivity index (χ1) is 14.3. The van der Waals surface area contributed by atoms with E-state index < -0.39 is 10.0 Å². The SMILES string of the molecule is COc1ccc(S(=O)(=O)N2CCc3c(Cl)ccc(Cl)c3C2)cc1N1CCN(C)CC1. The van der Waals surface area contributed by atoms with Crippen molar-refractivity contribution in [1.82, 2.24) is 9.21 Å².